The molecule has 13 heteroatoms. The normalized spacial score (nSPS) is 15.0. The molecule has 0 bridgehead atoms. The van der Waals surface area contributed by atoms with Gasteiger partial charge in [0.25, 0.3) is 10.2 Å². The molecular weight excluding hydrogens is 364 g/mol. The van der Waals surface area contributed by atoms with Gasteiger partial charge in [0.15, 0.2) is 5.69 Å². The molecule has 0 amide bonds. The maximum Gasteiger partial charge on any atom is 0.298 e. The van der Waals surface area contributed by atoms with E-state index >= 15 is 0 Å². The van der Waals surface area contributed by atoms with Gasteiger partial charge in [0.2, 0.25) is 11.7 Å². The summed E-state index contributed by atoms with van der Waals surface area (Å²) in [7, 11) is -3.75. The van der Waals surface area contributed by atoms with Gasteiger partial charge in [-0.25, -0.2) is 14.8 Å². The van der Waals surface area contributed by atoms with Gasteiger partial charge >= 0.3 is 0 Å². The Bertz CT molecular complexity index is 925. The van der Waals surface area contributed by atoms with E-state index in [0.29, 0.717) is 12.2 Å². The van der Waals surface area contributed by atoms with Crippen molar-refractivity contribution in [1.82, 2.24) is 19.6 Å². The average Bonchev–Trinajstić information content (AvgIpc) is 3.27. The third-order valence-corrected chi connectivity index (χ3v) is 4.46. The van der Waals surface area contributed by atoms with Gasteiger partial charge < -0.3 is 15.8 Å². The first-order valence-electron chi connectivity index (χ1n) is 7.43. The minimum absolute atomic E-state index is 0.0148. The number of nitrogens with one attached hydrogen (secondary N) is 2. The lowest BCUT2D eigenvalue weighted by Gasteiger charge is -2.09. The van der Waals surface area contributed by atoms with Crippen LogP contribution in [0, 0.1) is 0 Å². The molecule has 0 aromatic carbocycles. The summed E-state index contributed by atoms with van der Waals surface area (Å²) in [6.45, 7) is 0.569. The molecule has 2 aromatic rings. The second kappa shape index (κ2) is 7.37. The molecule has 26 heavy (non-hydrogen) atoms. The first-order chi connectivity index (χ1) is 12.5. The Hall–Kier alpha value is -3.19. The molecule has 1 aliphatic rings. The number of aromatic nitrogens is 3. The van der Waals surface area contributed by atoms with E-state index in [4.69, 9.17) is 9.77 Å². The third kappa shape index (κ3) is 4.07. The maximum atomic E-state index is 11.3. The molecule has 0 fully saturated rings. The molecule has 2 aromatic heterocycles. The van der Waals surface area contributed by atoms with Crippen molar-refractivity contribution in [3.63, 3.8) is 0 Å². The number of rotatable bonds is 6. The van der Waals surface area contributed by atoms with Crippen molar-refractivity contribution in [3.8, 4) is 0 Å². The summed E-state index contributed by atoms with van der Waals surface area (Å²) in [5, 5.41) is 30.7. The second-order valence-corrected chi connectivity index (χ2v) is 6.80. The highest BCUT2D eigenvalue weighted by atomic mass is 32.2. The number of nitrogens with zero attached hydrogens (tertiary/aromatic N) is 5. The van der Waals surface area contributed by atoms with Gasteiger partial charge in [0.05, 0.1) is 0 Å². The van der Waals surface area contributed by atoms with Crippen molar-refractivity contribution in [2.45, 2.75) is 6.42 Å². The fraction of sp³-hybridized carbons (Fsp3) is 0.231. The molecule has 0 saturated carbocycles. The van der Waals surface area contributed by atoms with Crippen molar-refractivity contribution < 1.29 is 18.3 Å². The van der Waals surface area contributed by atoms with Crippen molar-refractivity contribution in [1.29, 1.82) is 0 Å². The first-order valence-corrected chi connectivity index (χ1v) is 8.94. The van der Waals surface area contributed by atoms with E-state index < -0.39 is 10.2 Å². The van der Waals surface area contributed by atoms with E-state index in [0.717, 1.165) is 9.88 Å². The van der Waals surface area contributed by atoms with Crippen LogP contribution in [0.1, 0.15) is 12.1 Å². The highest BCUT2D eigenvalue weighted by Gasteiger charge is 2.22. The molecule has 0 aliphatic carbocycles. The summed E-state index contributed by atoms with van der Waals surface area (Å²) in [4.78, 5) is 4.06. The van der Waals surface area contributed by atoms with Crippen molar-refractivity contribution >= 4 is 27.7 Å². The molecule has 0 unspecified atom stereocenters. The molecule has 138 valence electrons. The van der Waals surface area contributed by atoms with Crippen LogP contribution < -0.4 is 15.8 Å². The van der Waals surface area contributed by atoms with Crippen LogP contribution in [0.4, 0.5) is 11.6 Å². The van der Waals surface area contributed by atoms with E-state index in [9.17, 15) is 13.6 Å². The van der Waals surface area contributed by atoms with Crippen LogP contribution in [0.5, 0.6) is 0 Å². The van der Waals surface area contributed by atoms with Crippen molar-refractivity contribution in [2.24, 2.45) is 10.3 Å². The highest BCUT2D eigenvalue weighted by Crippen LogP contribution is 2.18. The fourth-order valence-electron chi connectivity index (χ4n) is 2.27. The van der Waals surface area contributed by atoms with Crippen molar-refractivity contribution in [3.05, 3.63) is 41.9 Å². The van der Waals surface area contributed by atoms with Gasteiger partial charge in [-0.3, -0.25) is 4.31 Å². The number of hydrogen-bond donors (Lipinski definition) is 4. The molecule has 3 heterocycles. The van der Waals surface area contributed by atoms with Gasteiger partial charge in [-0.2, -0.15) is 8.42 Å². The Morgan fingerprint density at radius 1 is 1.42 bits per heavy atom. The predicted octanol–water partition coefficient (Wildman–Crippen LogP) is -0.0825. The van der Waals surface area contributed by atoms with Crippen LogP contribution in [-0.2, 0) is 10.2 Å². The minimum atomic E-state index is -3.75. The lowest BCUT2D eigenvalue weighted by atomic mass is 10.2. The summed E-state index contributed by atoms with van der Waals surface area (Å²) in [5.41, 5.74) is 0.938. The molecule has 0 spiro atoms. The SMILES string of the molecule is NS(=O)(=O)N1C=C(CNc2nonc2/C(=N/O)Nc2ccccn2)CC1. The number of nitrogens with two attached hydrogens (primary N) is 1. The lowest BCUT2D eigenvalue weighted by molar-refractivity contribution is 0.305. The highest BCUT2D eigenvalue weighted by molar-refractivity contribution is 7.86. The molecular formula is C13H16N8O4S. The zero-order valence-corrected chi connectivity index (χ0v) is 14.2. The van der Waals surface area contributed by atoms with Gasteiger partial charge in [-0.15, -0.1) is 0 Å². The van der Waals surface area contributed by atoms with E-state index in [1.54, 1.807) is 24.4 Å². The molecule has 1 aliphatic heterocycles. The van der Waals surface area contributed by atoms with E-state index in [1.165, 1.54) is 6.20 Å². The smallest absolute Gasteiger partial charge is 0.298 e. The summed E-state index contributed by atoms with van der Waals surface area (Å²) in [6.07, 6.45) is 3.56. The Balaban J connectivity index is 1.69. The molecule has 0 saturated heterocycles. The Labute approximate surface area is 148 Å². The summed E-state index contributed by atoms with van der Waals surface area (Å²) in [5.74, 6) is 0.645. The largest absolute Gasteiger partial charge is 0.409 e. The number of oxime groups is 1. The van der Waals surface area contributed by atoms with Gasteiger partial charge in [-0.1, -0.05) is 11.2 Å². The maximum absolute atomic E-state index is 11.3. The van der Waals surface area contributed by atoms with E-state index in [-0.39, 0.29) is 30.4 Å². The van der Waals surface area contributed by atoms with Crippen molar-refractivity contribution in [2.75, 3.05) is 23.7 Å². The molecule has 0 atom stereocenters. The molecule has 3 rings (SSSR count). The molecule has 12 nitrogen and oxygen atoms in total. The number of anilines is 2. The van der Waals surface area contributed by atoms with E-state index in [2.05, 4.69) is 31.1 Å². The van der Waals surface area contributed by atoms with Crippen LogP contribution in [0.2, 0.25) is 0 Å². The Morgan fingerprint density at radius 2 is 2.27 bits per heavy atom. The number of amidine groups is 1. The summed E-state index contributed by atoms with van der Waals surface area (Å²) >= 11 is 0. The van der Waals surface area contributed by atoms with Gasteiger partial charge in [-0.05, 0) is 34.4 Å². The van der Waals surface area contributed by atoms with Crippen LogP contribution in [0.25, 0.3) is 0 Å². The average molecular weight is 380 g/mol. The van der Waals surface area contributed by atoms with Gasteiger partial charge in [0, 0.05) is 25.5 Å². The van der Waals surface area contributed by atoms with Crippen LogP contribution in [0.15, 0.2) is 46.0 Å². The second-order valence-electron chi connectivity index (χ2n) is 5.30. The topological polar surface area (TPSA) is 172 Å². The third-order valence-electron chi connectivity index (χ3n) is 3.51. The Kier molecular flexibility index (Phi) is 4.99. The van der Waals surface area contributed by atoms with Crippen LogP contribution in [0.3, 0.4) is 0 Å². The number of hydrogen-bond acceptors (Lipinski definition) is 9. The van der Waals surface area contributed by atoms with Crippen LogP contribution >= 0.6 is 0 Å². The zero-order valence-electron chi connectivity index (χ0n) is 13.4. The lowest BCUT2D eigenvalue weighted by Crippen LogP contribution is -2.30. The van der Waals surface area contributed by atoms with Gasteiger partial charge in [0.1, 0.15) is 5.82 Å². The zero-order chi connectivity index (χ0) is 18.6. The summed E-state index contributed by atoms with van der Waals surface area (Å²) < 4.78 is 28.4. The standard InChI is InChI=1S/C13H16N8O4S/c14-26(23,24)21-6-4-9(8-21)7-16-12-11(19-25-20-12)13(18-22)17-10-3-1-2-5-15-10/h1-3,5,8,22H,4,6-7H2,(H,16,20)(H2,14,23,24)(H,15,17,18). The summed E-state index contributed by atoms with van der Waals surface area (Å²) in [6, 6.07) is 5.18. The number of pyridine rings is 1. The monoisotopic (exact) mass is 380 g/mol. The van der Waals surface area contributed by atoms with Crippen LogP contribution in [-0.4, -0.2) is 52.2 Å². The quantitative estimate of drug-likeness (QED) is 0.231. The molecule has 5 N–H and O–H groups in total. The first kappa shape index (κ1) is 17.6. The predicted molar refractivity (Wildman–Crippen MR) is 91.5 cm³/mol. The molecule has 0 radical (unpaired) electrons. The fourth-order valence-corrected chi connectivity index (χ4v) is 2.91. The minimum Gasteiger partial charge on any atom is -0.409 e. The van der Waals surface area contributed by atoms with E-state index in [1.807, 2.05) is 0 Å². The Morgan fingerprint density at radius 3 is 2.92 bits per heavy atom.